The molecular formula is C24H16BrN2O2. The lowest BCUT2D eigenvalue weighted by atomic mass is 10.0. The molecule has 4 nitrogen and oxygen atoms in total. The normalized spacial score (nSPS) is 11.3. The summed E-state index contributed by atoms with van der Waals surface area (Å²) in [6, 6.07) is 24.9. The number of benzene rings is 3. The number of rotatable bonds is 4. The van der Waals surface area contributed by atoms with Crippen molar-refractivity contribution >= 4 is 43.6 Å². The zero-order chi connectivity index (χ0) is 20.0. The van der Waals surface area contributed by atoms with E-state index in [9.17, 15) is 4.79 Å². The molecule has 1 radical (unpaired) electrons. The third-order valence-electron chi connectivity index (χ3n) is 5.15. The van der Waals surface area contributed by atoms with Gasteiger partial charge in [0.05, 0.1) is 17.3 Å². The molecule has 3 aromatic carbocycles. The zero-order valence-electron chi connectivity index (χ0n) is 15.4. The molecule has 0 aliphatic heterocycles. The summed E-state index contributed by atoms with van der Waals surface area (Å²) < 4.78 is 8.80. The van der Waals surface area contributed by atoms with Gasteiger partial charge in [-0.2, -0.15) is 0 Å². The van der Waals surface area contributed by atoms with Crippen molar-refractivity contribution in [3.05, 3.63) is 94.7 Å². The van der Waals surface area contributed by atoms with Crippen molar-refractivity contribution in [3.63, 3.8) is 0 Å². The van der Waals surface area contributed by atoms with Crippen LogP contribution in [0.25, 0.3) is 33.1 Å². The summed E-state index contributed by atoms with van der Waals surface area (Å²) in [5.74, 6) is 0.329. The highest BCUT2D eigenvalue weighted by molar-refractivity contribution is 9.10. The van der Waals surface area contributed by atoms with Gasteiger partial charge in [-0.05, 0) is 54.1 Å². The van der Waals surface area contributed by atoms with Crippen molar-refractivity contribution in [2.24, 2.45) is 5.73 Å². The number of carbonyl (C=O) groups excluding carboxylic acids is 1. The lowest BCUT2D eigenvalue weighted by Crippen LogP contribution is -2.11. The summed E-state index contributed by atoms with van der Waals surface area (Å²) in [7, 11) is 0. The Balaban J connectivity index is 1.84. The van der Waals surface area contributed by atoms with E-state index in [0.29, 0.717) is 12.1 Å². The lowest BCUT2D eigenvalue weighted by molar-refractivity contribution is 0.100. The van der Waals surface area contributed by atoms with Gasteiger partial charge in [-0.15, -0.1) is 0 Å². The number of carbonyl (C=O) groups is 1. The fourth-order valence-electron chi connectivity index (χ4n) is 3.81. The maximum Gasteiger partial charge on any atom is 0.249 e. The molecule has 0 aliphatic carbocycles. The Labute approximate surface area is 175 Å². The molecule has 0 saturated heterocycles. The van der Waals surface area contributed by atoms with E-state index >= 15 is 0 Å². The monoisotopic (exact) mass is 443 g/mol. The predicted octanol–water partition coefficient (Wildman–Crippen LogP) is 5.76. The Morgan fingerprint density at radius 1 is 1.07 bits per heavy atom. The molecule has 141 valence electrons. The highest BCUT2D eigenvalue weighted by Crippen LogP contribution is 2.35. The third kappa shape index (κ3) is 2.95. The first kappa shape index (κ1) is 17.8. The van der Waals surface area contributed by atoms with Gasteiger partial charge >= 0.3 is 0 Å². The Kier molecular flexibility index (Phi) is 4.25. The van der Waals surface area contributed by atoms with Gasteiger partial charge in [-0.1, -0.05) is 40.2 Å². The first-order valence-electron chi connectivity index (χ1n) is 9.17. The van der Waals surface area contributed by atoms with Gasteiger partial charge in [0.2, 0.25) is 5.91 Å². The number of halogens is 1. The SMILES string of the molecule is NC(=O)c1cccc2c1c1[c]cc(-c3ccco3)cc1n2Cc1ccccc1Br. The third-order valence-corrected chi connectivity index (χ3v) is 5.93. The van der Waals surface area contributed by atoms with E-state index in [2.05, 4.69) is 38.7 Å². The molecule has 5 rings (SSSR count). The number of fused-ring (bicyclic) bond motifs is 3. The van der Waals surface area contributed by atoms with E-state index < -0.39 is 5.91 Å². The summed E-state index contributed by atoms with van der Waals surface area (Å²) in [5.41, 5.74) is 10.2. The molecule has 1 amide bonds. The molecule has 0 atom stereocenters. The number of hydrogen-bond donors (Lipinski definition) is 1. The number of nitrogens with zero attached hydrogens (tertiary/aromatic N) is 1. The minimum Gasteiger partial charge on any atom is -0.464 e. The van der Waals surface area contributed by atoms with Crippen LogP contribution in [-0.4, -0.2) is 10.5 Å². The van der Waals surface area contributed by atoms with Crippen molar-refractivity contribution in [3.8, 4) is 11.3 Å². The van der Waals surface area contributed by atoms with Gasteiger partial charge in [0.1, 0.15) is 5.76 Å². The van der Waals surface area contributed by atoms with Crippen LogP contribution in [0.5, 0.6) is 0 Å². The van der Waals surface area contributed by atoms with Crippen molar-refractivity contribution in [1.29, 1.82) is 0 Å². The Morgan fingerprint density at radius 2 is 1.93 bits per heavy atom. The molecule has 0 aliphatic rings. The standard InChI is InChI=1S/C24H16BrN2O2/c25-19-7-2-1-5-16(19)14-27-20-8-3-6-18(24(26)28)23(20)17-11-10-15(13-21(17)27)22-9-4-12-29-22/h1-10,12-13H,14H2,(H2,26,28). The van der Waals surface area contributed by atoms with Gasteiger partial charge in [-0.3, -0.25) is 4.79 Å². The summed E-state index contributed by atoms with van der Waals surface area (Å²) in [6.45, 7) is 0.638. The molecule has 0 bridgehead atoms. The minimum atomic E-state index is -0.445. The number of amides is 1. The topological polar surface area (TPSA) is 61.2 Å². The van der Waals surface area contributed by atoms with Crippen LogP contribution in [0.2, 0.25) is 0 Å². The maximum atomic E-state index is 12.1. The van der Waals surface area contributed by atoms with Crippen molar-refractivity contribution in [2.45, 2.75) is 6.54 Å². The second-order valence-electron chi connectivity index (χ2n) is 6.87. The first-order valence-corrected chi connectivity index (χ1v) is 9.96. The van der Waals surface area contributed by atoms with Crippen molar-refractivity contribution in [2.75, 3.05) is 0 Å². The molecular weight excluding hydrogens is 428 g/mol. The van der Waals surface area contributed by atoms with Crippen LogP contribution in [-0.2, 0) is 6.54 Å². The Hall–Kier alpha value is -3.31. The maximum absolute atomic E-state index is 12.1. The Bertz CT molecular complexity index is 1370. The van der Waals surface area contributed by atoms with Gasteiger partial charge in [-0.25, -0.2) is 0 Å². The zero-order valence-corrected chi connectivity index (χ0v) is 16.9. The number of nitrogens with two attached hydrogens (primary N) is 1. The second kappa shape index (κ2) is 6.94. The molecule has 2 N–H and O–H groups in total. The fraction of sp³-hybridized carbons (Fsp3) is 0.0417. The summed E-state index contributed by atoms with van der Waals surface area (Å²) in [4.78, 5) is 12.1. The van der Waals surface area contributed by atoms with Gasteiger partial charge in [0.25, 0.3) is 0 Å². The first-order chi connectivity index (χ1) is 14.1. The number of hydrogen-bond acceptors (Lipinski definition) is 2. The molecule has 5 aromatic rings. The Morgan fingerprint density at radius 3 is 2.69 bits per heavy atom. The predicted molar refractivity (Wildman–Crippen MR) is 118 cm³/mol. The molecule has 0 saturated carbocycles. The lowest BCUT2D eigenvalue weighted by Gasteiger charge is -2.10. The fourth-order valence-corrected chi connectivity index (χ4v) is 4.22. The van der Waals surface area contributed by atoms with Gasteiger partial charge < -0.3 is 14.7 Å². The second-order valence-corrected chi connectivity index (χ2v) is 7.72. The van der Waals surface area contributed by atoms with E-state index in [0.717, 1.165) is 43.2 Å². The van der Waals surface area contributed by atoms with E-state index in [1.807, 2.05) is 48.5 Å². The molecule has 0 unspecified atom stereocenters. The number of furan rings is 1. The number of primary amides is 1. The van der Waals surface area contributed by atoms with Crippen LogP contribution in [0.15, 0.2) is 81.9 Å². The van der Waals surface area contributed by atoms with Crippen LogP contribution in [0.4, 0.5) is 0 Å². The van der Waals surface area contributed by atoms with E-state index in [1.54, 1.807) is 12.3 Å². The van der Waals surface area contributed by atoms with Gasteiger partial charge in [0.15, 0.2) is 0 Å². The highest BCUT2D eigenvalue weighted by Gasteiger charge is 2.18. The molecule has 2 heterocycles. The highest BCUT2D eigenvalue weighted by atomic mass is 79.9. The van der Waals surface area contributed by atoms with Crippen LogP contribution >= 0.6 is 15.9 Å². The van der Waals surface area contributed by atoms with Crippen molar-refractivity contribution < 1.29 is 9.21 Å². The van der Waals surface area contributed by atoms with E-state index in [1.165, 1.54) is 0 Å². The van der Waals surface area contributed by atoms with Gasteiger partial charge in [0, 0.05) is 32.9 Å². The molecule has 2 aromatic heterocycles. The van der Waals surface area contributed by atoms with Crippen molar-refractivity contribution in [1.82, 2.24) is 4.57 Å². The van der Waals surface area contributed by atoms with Crippen LogP contribution in [0.1, 0.15) is 15.9 Å². The largest absolute Gasteiger partial charge is 0.464 e. The van der Waals surface area contributed by atoms with Crippen LogP contribution < -0.4 is 5.73 Å². The molecule has 29 heavy (non-hydrogen) atoms. The van der Waals surface area contributed by atoms with E-state index in [-0.39, 0.29) is 0 Å². The summed E-state index contributed by atoms with van der Waals surface area (Å²) in [5, 5.41) is 1.70. The van der Waals surface area contributed by atoms with E-state index in [4.69, 9.17) is 10.2 Å². The molecule has 0 fully saturated rings. The smallest absolute Gasteiger partial charge is 0.249 e. The van der Waals surface area contributed by atoms with Crippen LogP contribution in [0, 0.1) is 6.07 Å². The van der Waals surface area contributed by atoms with Crippen LogP contribution in [0.3, 0.4) is 0 Å². The minimum absolute atomic E-state index is 0.445. The summed E-state index contributed by atoms with van der Waals surface area (Å²) >= 11 is 3.64. The average Bonchev–Trinajstić information content (AvgIpc) is 3.36. The summed E-state index contributed by atoms with van der Waals surface area (Å²) in [6.07, 6.45) is 1.65. The average molecular weight is 444 g/mol. The number of aromatic nitrogens is 1. The quantitative estimate of drug-likeness (QED) is 0.383. The molecule has 0 spiro atoms. The molecule has 5 heteroatoms.